The molecule has 0 aliphatic heterocycles. The molecule has 2 aromatic carbocycles. The van der Waals surface area contributed by atoms with Crippen LogP contribution in [-0.2, 0) is 4.74 Å². The highest BCUT2D eigenvalue weighted by Gasteiger charge is 2.06. The minimum Gasteiger partial charge on any atom is -0.465 e. The number of hydrogen-bond acceptors (Lipinski definition) is 3. The number of benzene rings is 2. The van der Waals surface area contributed by atoms with Crippen molar-refractivity contribution in [2.45, 2.75) is 13.8 Å². The summed E-state index contributed by atoms with van der Waals surface area (Å²) in [5.41, 5.74) is 4.56. The lowest BCUT2D eigenvalue weighted by Crippen LogP contribution is -2.19. The number of anilines is 2. The van der Waals surface area contributed by atoms with E-state index in [1.807, 2.05) is 26.0 Å². The molecule has 2 N–H and O–H groups in total. The third kappa shape index (κ3) is 4.05. The fourth-order valence-electron chi connectivity index (χ4n) is 1.96. The highest BCUT2D eigenvalue weighted by Crippen LogP contribution is 2.17. The van der Waals surface area contributed by atoms with Crippen LogP contribution in [0, 0.1) is 13.8 Å². The molecule has 0 aromatic heterocycles. The first-order valence-corrected chi connectivity index (χ1v) is 7.24. The van der Waals surface area contributed by atoms with E-state index in [2.05, 4.69) is 21.4 Å². The first-order valence-electron chi connectivity index (χ1n) is 6.83. The van der Waals surface area contributed by atoms with Gasteiger partial charge in [0, 0.05) is 11.4 Å². The van der Waals surface area contributed by atoms with Crippen LogP contribution in [0.4, 0.5) is 11.4 Å². The van der Waals surface area contributed by atoms with Gasteiger partial charge in [0.1, 0.15) is 0 Å². The molecule has 0 unspecified atom stereocenters. The van der Waals surface area contributed by atoms with Crippen LogP contribution in [0.1, 0.15) is 21.5 Å². The van der Waals surface area contributed by atoms with Crippen molar-refractivity contribution >= 4 is 34.7 Å². The maximum absolute atomic E-state index is 11.4. The second-order valence-corrected chi connectivity index (χ2v) is 5.37. The Morgan fingerprint density at radius 2 is 1.73 bits per heavy atom. The Kier molecular flexibility index (Phi) is 5.12. The summed E-state index contributed by atoms with van der Waals surface area (Å²) in [5.74, 6) is -0.359. The Balaban J connectivity index is 2.03. The van der Waals surface area contributed by atoms with Gasteiger partial charge in [-0.05, 0) is 67.5 Å². The van der Waals surface area contributed by atoms with Crippen LogP contribution in [0.15, 0.2) is 42.5 Å². The lowest BCUT2D eigenvalue weighted by atomic mass is 10.1. The molecular formula is C17H18N2O2S. The van der Waals surface area contributed by atoms with Crippen LogP contribution in [0.3, 0.4) is 0 Å². The van der Waals surface area contributed by atoms with Crippen LogP contribution in [0.2, 0.25) is 0 Å². The quantitative estimate of drug-likeness (QED) is 0.665. The van der Waals surface area contributed by atoms with Gasteiger partial charge in [-0.15, -0.1) is 0 Å². The van der Waals surface area contributed by atoms with E-state index in [4.69, 9.17) is 12.2 Å². The van der Waals surface area contributed by atoms with Gasteiger partial charge < -0.3 is 15.4 Å². The Labute approximate surface area is 135 Å². The van der Waals surface area contributed by atoms with Crippen LogP contribution < -0.4 is 10.6 Å². The molecule has 2 aromatic rings. The third-order valence-electron chi connectivity index (χ3n) is 3.21. The summed E-state index contributed by atoms with van der Waals surface area (Å²) < 4.78 is 4.66. The highest BCUT2D eigenvalue weighted by atomic mass is 32.1. The molecule has 0 saturated heterocycles. The summed E-state index contributed by atoms with van der Waals surface area (Å²) in [4.78, 5) is 11.4. The summed E-state index contributed by atoms with van der Waals surface area (Å²) in [5, 5.41) is 6.77. The molecule has 0 spiro atoms. The van der Waals surface area contributed by atoms with Gasteiger partial charge in [0.15, 0.2) is 5.11 Å². The first kappa shape index (κ1) is 16.0. The topological polar surface area (TPSA) is 50.4 Å². The van der Waals surface area contributed by atoms with Crippen LogP contribution in [-0.4, -0.2) is 18.2 Å². The van der Waals surface area contributed by atoms with Gasteiger partial charge in [-0.1, -0.05) is 12.1 Å². The number of hydrogen-bond donors (Lipinski definition) is 2. The summed E-state index contributed by atoms with van der Waals surface area (Å²) >= 11 is 5.31. The Morgan fingerprint density at radius 1 is 1.05 bits per heavy atom. The predicted molar refractivity (Wildman–Crippen MR) is 93.5 cm³/mol. The molecule has 0 heterocycles. The lowest BCUT2D eigenvalue weighted by Gasteiger charge is -2.13. The van der Waals surface area contributed by atoms with E-state index in [1.165, 1.54) is 12.7 Å². The lowest BCUT2D eigenvalue weighted by molar-refractivity contribution is 0.0601. The molecule has 22 heavy (non-hydrogen) atoms. The first-order chi connectivity index (χ1) is 10.5. The zero-order chi connectivity index (χ0) is 16.1. The molecule has 114 valence electrons. The average molecular weight is 314 g/mol. The van der Waals surface area contributed by atoms with Gasteiger partial charge in [0.25, 0.3) is 0 Å². The van der Waals surface area contributed by atoms with Crippen molar-refractivity contribution in [3.8, 4) is 0 Å². The molecule has 0 atom stereocenters. The Morgan fingerprint density at radius 3 is 2.36 bits per heavy atom. The van der Waals surface area contributed by atoms with E-state index >= 15 is 0 Å². The molecule has 2 rings (SSSR count). The molecule has 0 bridgehead atoms. The van der Waals surface area contributed by atoms with Crippen molar-refractivity contribution in [3.63, 3.8) is 0 Å². The number of aryl methyl sites for hydroxylation is 2. The van der Waals surface area contributed by atoms with E-state index in [0.717, 1.165) is 16.9 Å². The third-order valence-corrected chi connectivity index (χ3v) is 3.41. The normalized spacial score (nSPS) is 9.95. The summed E-state index contributed by atoms with van der Waals surface area (Å²) in [6.45, 7) is 4.06. The van der Waals surface area contributed by atoms with Crippen LogP contribution >= 0.6 is 12.2 Å². The minimum atomic E-state index is -0.359. The monoisotopic (exact) mass is 314 g/mol. The van der Waals surface area contributed by atoms with Crippen molar-refractivity contribution in [2.24, 2.45) is 0 Å². The molecule has 0 aliphatic rings. The largest absolute Gasteiger partial charge is 0.465 e. The number of ether oxygens (including phenoxy) is 1. The SMILES string of the molecule is COC(=O)c1ccc(NC(=S)Nc2cc(C)ccc2C)cc1. The van der Waals surface area contributed by atoms with Gasteiger partial charge in [0.05, 0.1) is 12.7 Å². The standard InChI is InChI=1S/C17H18N2O2S/c1-11-4-5-12(2)15(10-11)19-17(22)18-14-8-6-13(7-9-14)16(20)21-3/h4-10H,1-3H3,(H2,18,19,22). The number of rotatable bonds is 3. The summed E-state index contributed by atoms with van der Waals surface area (Å²) in [7, 11) is 1.36. The van der Waals surface area contributed by atoms with Crippen molar-refractivity contribution in [3.05, 3.63) is 59.2 Å². The van der Waals surface area contributed by atoms with Crippen molar-refractivity contribution in [1.82, 2.24) is 0 Å². The van der Waals surface area contributed by atoms with Crippen molar-refractivity contribution < 1.29 is 9.53 Å². The second-order valence-electron chi connectivity index (χ2n) is 4.97. The molecular weight excluding hydrogens is 296 g/mol. The fourth-order valence-corrected chi connectivity index (χ4v) is 2.19. The van der Waals surface area contributed by atoms with E-state index < -0.39 is 0 Å². The second kappa shape index (κ2) is 7.04. The van der Waals surface area contributed by atoms with E-state index in [9.17, 15) is 4.79 Å². The molecule has 0 saturated carbocycles. The zero-order valence-electron chi connectivity index (χ0n) is 12.8. The average Bonchev–Trinajstić information content (AvgIpc) is 2.51. The maximum Gasteiger partial charge on any atom is 0.337 e. The summed E-state index contributed by atoms with van der Waals surface area (Å²) in [6.07, 6.45) is 0. The number of nitrogens with one attached hydrogen (secondary N) is 2. The maximum atomic E-state index is 11.4. The number of thiocarbonyl (C=S) groups is 1. The van der Waals surface area contributed by atoms with Gasteiger partial charge in [-0.2, -0.15) is 0 Å². The van der Waals surface area contributed by atoms with Crippen molar-refractivity contribution in [1.29, 1.82) is 0 Å². The fraction of sp³-hybridized carbons (Fsp3) is 0.176. The molecule has 5 heteroatoms. The van der Waals surface area contributed by atoms with E-state index in [-0.39, 0.29) is 5.97 Å². The Hall–Kier alpha value is -2.40. The van der Waals surface area contributed by atoms with Crippen LogP contribution in [0.5, 0.6) is 0 Å². The summed E-state index contributed by atoms with van der Waals surface area (Å²) in [6, 6.07) is 13.1. The molecule has 0 fully saturated rings. The number of methoxy groups -OCH3 is 1. The molecule has 4 nitrogen and oxygen atoms in total. The van der Waals surface area contributed by atoms with E-state index in [0.29, 0.717) is 10.7 Å². The van der Waals surface area contributed by atoms with Gasteiger partial charge in [-0.3, -0.25) is 0 Å². The molecule has 0 amide bonds. The molecule has 0 aliphatic carbocycles. The Bertz CT molecular complexity index is 696. The predicted octanol–water partition coefficient (Wildman–Crippen LogP) is 3.90. The smallest absolute Gasteiger partial charge is 0.337 e. The highest BCUT2D eigenvalue weighted by molar-refractivity contribution is 7.80. The van der Waals surface area contributed by atoms with Gasteiger partial charge in [0.2, 0.25) is 0 Å². The van der Waals surface area contributed by atoms with E-state index in [1.54, 1.807) is 24.3 Å². The number of carbonyl (C=O) groups excluding carboxylic acids is 1. The minimum absolute atomic E-state index is 0.359. The molecule has 0 radical (unpaired) electrons. The zero-order valence-corrected chi connectivity index (χ0v) is 13.6. The number of carbonyl (C=O) groups is 1. The van der Waals surface area contributed by atoms with Gasteiger partial charge >= 0.3 is 5.97 Å². The number of esters is 1. The van der Waals surface area contributed by atoms with Crippen molar-refractivity contribution in [2.75, 3.05) is 17.7 Å². The van der Waals surface area contributed by atoms with Gasteiger partial charge in [-0.25, -0.2) is 4.79 Å². The van der Waals surface area contributed by atoms with Crippen LogP contribution in [0.25, 0.3) is 0 Å².